The molecule has 0 aliphatic heterocycles. The zero-order chi connectivity index (χ0) is 18.9. The van der Waals surface area contributed by atoms with Gasteiger partial charge in [-0.05, 0) is 17.7 Å². The molecule has 9 nitrogen and oxygen atoms in total. The SMILES string of the molecule is COc1cc([N+](=O)[O-])ccc1NC(=O)/C(C#N)=C\NCc1cccnc1. The number of anilines is 1. The summed E-state index contributed by atoms with van der Waals surface area (Å²) in [6.45, 7) is 0.396. The highest BCUT2D eigenvalue weighted by Crippen LogP contribution is 2.29. The van der Waals surface area contributed by atoms with Crippen LogP contribution < -0.4 is 15.4 Å². The monoisotopic (exact) mass is 353 g/mol. The Bertz CT molecular complexity index is 874. The number of methoxy groups -OCH3 is 1. The molecule has 9 heteroatoms. The molecule has 0 saturated carbocycles. The molecule has 0 radical (unpaired) electrons. The van der Waals surface area contributed by atoms with Crippen LogP contribution in [0.2, 0.25) is 0 Å². The number of rotatable bonds is 7. The molecule has 1 aromatic heterocycles. The van der Waals surface area contributed by atoms with Gasteiger partial charge in [0.2, 0.25) is 0 Å². The number of benzene rings is 1. The molecule has 0 bridgehead atoms. The Hall–Kier alpha value is -3.93. The molecule has 1 amide bonds. The zero-order valence-electron chi connectivity index (χ0n) is 13.8. The lowest BCUT2D eigenvalue weighted by atomic mass is 10.2. The second-order valence-corrected chi connectivity index (χ2v) is 5.01. The Morgan fingerprint density at radius 3 is 2.88 bits per heavy atom. The molecule has 0 atom stereocenters. The number of aromatic nitrogens is 1. The summed E-state index contributed by atoms with van der Waals surface area (Å²) >= 11 is 0. The minimum Gasteiger partial charge on any atom is -0.494 e. The van der Waals surface area contributed by atoms with E-state index in [0.717, 1.165) is 5.56 Å². The molecule has 26 heavy (non-hydrogen) atoms. The first-order valence-corrected chi connectivity index (χ1v) is 7.41. The maximum atomic E-state index is 12.2. The van der Waals surface area contributed by atoms with Crippen LogP contribution in [-0.4, -0.2) is 22.9 Å². The van der Waals surface area contributed by atoms with Crippen molar-refractivity contribution >= 4 is 17.3 Å². The molecule has 2 aromatic rings. The van der Waals surface area contributed by atoms with E-state index in [4.69, 9.17) is 10.00 Å². The smallest absolute Gasteiger partial charge is 0.273 e. The van der Waals surface area contributed by atoms with E-state index < -0.39 is 10.8 Å². The predicted octanol–water partition coefficient (Wildman–Crippen LogP) is 2.13. The third-order valence-electron chi connectivity index (χ3n) is 3.28. The molecule has 2 N–H and O–H groups in total. The van der Waals surface area contributed by atoms with Crippen molar-refractivity contribution < 1.29 is 14.5 Å². The highest BCUT2D eigenvalue weighted by molar-refractivity contribution is 6.07. The number of nitrogens with one attached hydrogen (secondary N) is 2. The highest BCUT2D eigenvalue weighted by atomic mass is 16.6. The summed E-state index contributed by atoms with van der Waals surface area (Å²) in [4.78, 5) is 26.4. The number of carbonyl (C=O) groups excluding carboxylic acids is 1. The van der Waals surface area contributed by atoms with Crippen LogP contribution in [0.4, 0.5) is 11.4 Å². The van der Waals surface area contributed by atoms with E-state index in [0.29, 0.717) is 6.54 Å². The van der Waals surface area contributed by atoms with Gasteiger partial charge in [-0.1, -0.05) is 6.07 Å². The number of pyridine rings is 1. The Morgan fingerprint density at radius 1 is 1.46 bits per heavy atom. The van der Waals surface area contributed by atoms with Gasteiger partial charge in [0.25, 0.3) is 11.6 Å². The predicted molar refractivity (Wildman–Crippen MR) is 93.1 cm³/mol. The average Bonchev–Trinajstić information content (AvgIpc) is 2.66. The fourth-order valence-corrected chi connectivity index (χ4v) is 2.01. The van der Waals surface area contributed by atoms with Crippen LogP contribution in [0, 0.1) is 21.4 Å². The first kappa shape index (κ1) is 18.4. The molecule has 0 fully saturated rings. The molecule has 0 aliphatic carbocycles. The van der Waals surface area contributed by atoms with Crippen molar-refractivity contribution in [1.29, 1.82) is 5.26 Å². The second-order valence-electron chi connectivity index (χ2n) is 5.01. The average molecular weight is 353 g/mol. The van der Waals surface area contributed by atoms with E-state index in [9.17, 15) is 14.9 Å². The van der Waals surface area contributed by atoms with Crippen LogP contribution >= 0.6 is 0 Å². The number of nitriles is 1. The summed E-state index contributed by atoms with van der Waals surface area (Å²) in [6, 6.07) is 9.18. The van der Waals surface area contributed by atoms with Gasteiger partial charge in [-0.2, -0.15) is 5.26 Å². The summed E-state index contributed by atoms with van der Waals surface area (Å²) in [5.74, 6) is -0.550. The number of hydrogen-bond acceptors (Lipinski definition) is 7. The fourth-order valence-electron chi connectivity index (χ4n) is 2.01. The zero-order valence-corrected chi connectivity index (χ0v) is 13.8. The summed E-state index contributed by atoms with van der Waals surface area (Å²) in [5.41, 5.74) is 0.776. The molecule has 132 valence electrons. The van der Waals surface area contributed by atoms with Crippen LogP contribution in [0.15, 0.2) is 54.5 Å². The Kier molecular flexibility index (Phi) is 6.23. The summed E-state index contributed by atoms with van der Waals surface area (Å²) in [7, 11) is 1.32. The second kappa shape index (κ2) is 8.79. The highest BCUT2D eigenvalue weighted by Gasteiger charge is 2.15. The van der Waals surface area contributed by atoms with Gasteiger partial charge in [-0.25, -0.2) is 0 Å². The largest absolute Gasteiger partial charge is 0.494 e. The van der Waals surface area contributed by atoms with Crippen LogP contribution in [-0.2, 0) is 11.3 Å². The van der Waals surface area contributed by atoms with Crippen molar-refractivity contribution in [1.82, 2.24) is 10.3 Å². The third-order valence-corrected chi connectivity index (χ3v) is 3.28. The minimum absolute atomic E-state index is 0.119. The fraction of sp³-hybridized carbons (Fsp3) is 0.118. The first-order chi connectivity index (χ1) is 12.5. The normalized spacial score (nSPS) is 10.5. The van der Waals surface area contributed by atoms with Gasteiger partial charge in [-0.3, -0.25) is 19.9 Å². The van der Waals surface area contributed by atoms with E-state index in [1.165, 1.54) is 31.5 Å². The van der Waals surface area contributed by atoms with Crippen LogP contribution in [0.3, 0.4) is 0 Å². The van der Waals surface area contributed by atoms with Gasteiger partial charge in [0.05, 0.1) is 23.8 Å². The molecule has 1 aromatic carbocycles. The molecule has 2 rings (SSSR count). The van der Waals surface area contributed by atoms with Crippen LogP contribution in [0.25, 0.3) is 0 Å². The quantitative estimate of drug-likeness (QED) is 0.337. The number of non-ortho nitro benzene ring substituents is 1. The van der Waals surface area contributed by atoms with Gasteiger partial charge in [0.1, 0.15) is 17.4 Å². The molecular formula is C17H15N5O4. The number of hydrogen-bond donors (Lipinski definition) is 2. The number of amides is 1. The van der Waals surface area contributed by atoms with Crippen molar-refractivity contribution in [3.8, 4) is 11.8 Å². The van der Waals surface area contributed by atoms with Gasteiger partial charge in [-0.15, -0.1) is 0 Å². The van der Waals surface area contributed by atoms with Crippen molar-refractivity contribution in [2.75, 3.05) is 12.4 Å². The van der Waals surface area contributed by atoms with Gasteiger partial charge >= 0.3 is 0 Å². The molecule has 0 aliphatic rings. The van der Waals surface area contributed by atoms with E-state index in [1.807, 2.05) is 6.07 Å². The summed E-state index contributed by atoms with van der Waals surface area (Å²) < 4.78 is 5.05. The number of nitrogens with zero attached hydrogens (tertiary/aromatic N) is 3. The molecule has 0 saturated heterocycles. The maximum absolute atomic E-state index is 12.2. The van der Waals surface area contributed by atoms with E-state index in [2.05, 4.69) is 15.6 Å². The Morgan fingerprint density at radius 2 is 2.27 bits per heavy atom. The minimum atomic E-state index is -0.668. The van der Waals surface area contributed by atoms with E-state index >= 15 is 0 Å². The van der Waals surface area contributed by atoms with E-state index in [-0.39, 0.29) is 22.7 Å². The first-order valence-electron chi connectivity index (χ1n) is 7.41. The number of ether oxygens (including phenoxy) is 1. The van der Waals surface area contributed by atoms with Crippen molar-refractivity contribution in [2.45, 2.75) is 6.54 Å². The summed E-state index contributed by atoms with van der Waals surface area (Å²) in [6.07, 6.45) is 4.60. The van der Waals surface area contributed by atoms with Crippen molar-refractivity contribution in [3.63, 3.8) is 0 Å². The Balaban J connectivity index is 2.08. The molecule has 0 spiro atoms. The molecule has 1 heterocycles. The van der Waals surface area contributed by atoms with Crippen molar-refractivity contribution in [2.24, 2.45) is 0 Å². The lowest BCUT2D eigenvalue weighted by Gasteiger charge is -2.09. The number of nitro groups is 1. The Labute approximate surface area is 149 Å². The number of nitro benzene ring substituents is 1. The maximum Gasteiger partial charge on any atom is 0.273 e. The van der Waals surface area contributed by atoms with Crippen LogP contribution in [0.1, 0.15) is 5.56 Å². The van der Waals surface area contributed by atoms with Gasteiger partial charge in [0.15, 0.2) is 0 Å². The number of carbonyl (C=O) groups is 1. The van der Waals surface area contributed by atoms with Gasteiger partial charge < -0.3 is 15.4 Å². The topological polar surface area (TPSA) is 130 Å². The van der Waals surface area contributed by atoms with Crippen LogP contribution in [0.5, 0.6) is 5.75 Å². The molecular weight excluding hydrogens is 338 g/mol. The molecule has 0 unspecified atom stereocenters. The standard InChI is InChI=1S/C17H15N5O4/c1-26-16-7-14(22(24)25)4-5-15(16)21-17(23)13(8-18)11-20-10-12-3-2-6-19-9-12/h2-7,9,11,20H,10H2,1H3,(H,21,23)/b13-11-. The lowest BCUT2D eigenvalue weighted by molar-refractivity contribution is -0.384. The third kappa shape index (κ3) is 4.78. The van der Waals surface area contributed by atoms with Crippen molar-refractivity contribution in [3.05, 3.63) is 70.2 Å². The van der Waals surface area contributed by atoms with Gasteiger partial charge in [0, 0.05) is 31.2 Å². The summed E-state index contributed by atoms with van der Waals surface area (Å²) in [5, 5.41) is 25.3. The lowest BCUT2D eigenvalue weighted by Crippen LogP contribution is -2.17. The van der Waals surface area contributed by atoms with E-state index in [1.54, 1.807) is 24.5 Å².